The Labute approximate surface area is 113 Å². The lowest BCUT2D eigenvalue weighted by molar-refractivity contribution is 0.0734. The van der Waals surface area contributed by atoms with E-state index in [1.54, 1.807) is 30.3 Å². The van der Waals surface area contributed by atoms with Crippen LogP contribution in [0.2, 0.25) is 5.15 Å². The fourth-order valence-electron chi connectivity index (χ4n) is 1.64. The van der Waals surface area contributed by atoms with Gasteiger partial charge in [0, 0.05) is 12.3 Å². The number of aromatic nitrogens is 1. The molecule has 0 bridgehead atoms. The summed E-state index contributed by atoms with van der Waals surface area (Å²) in [6.07, 6.45) is 1.50. The van der Waals surface area contributed by atoms with Crippen LogP contribution in [0.3, 0.4) is 0 Å². The van der Waals surface area contributed by atoms with Crippen LogP contribution in [0, 0.1) is 0 Å². The first-order chi connectivity index (χ1) is 9.24. The average Bonchev–Trinajstić information content (AvgIpc) is 2.86. The van der Waals surface area contributed by atoms with E-state index in [4.69, 9.17) is 25.8 Å². The molecular weight excluding hydrogens is 270 g/mol. The lowest BCUT2D eigenvalue weighted by Crippen LogP contribution is -2.09. The van der Waals surface area contributed by atoms with Gasteiger partial charge < -0.3 is 14.2 Å². The summed E-state index contributed by atoms with van der Waals surface area (Å²) in [5.74, 6) is 0.952. The third-order valence-corrected chi connectivity index (χ3v) is 2.83. The minimum atomic E-state index is -0.572. The number of fused-ring (bicyclic) bond motifs is 1. The minimum absolute atomic E-state index is 0.105. The van der Waals surface area contributed by atoms with E-state index >= 15 is 0 Å². The van der Waals surface area contributed by atoms with Crippen LogP contribution in [-0.4, -0.2) is 17.7 Å². The van der Waals surface area contributed by atoms with Crippen LogP contribution < -0.4 is 14.2 Å². The van der Waals surface area contributed by atoms with Gasteiger partial charge in [0.15, 0.2) is 11.5 Å². The van der Waals surface area contributed by atoms with E-state index in [1.165, 1.54) is 6.20 Å². The average molecular weight is 278 g/mol. The molecule has 5 nitrogen and oxygen atoms in total. The van der Waals surface area contributed by atoms with Gasteiger partial charge in [-0.05, 0) is 24.3 Å². The second-order valence-electron chi connectivity index (χ2n) is 3.75. The Kier molecular flexibility index (Phi) is 2.97. The Morgan fingerprint density at radius 2 is 2.11 bits per heavy atom. The molecule has 3 rings (SSSR count). The highest BCUT2D eigenvalue weighted by Gasteiger charge is 2.17. The fourth-order valence-corrected chi connectivity index (χ4v) is 1.84. The maximum atomic E-state index is 11.9. The van der Waals surface area contributed by atoms with Crippen molar-refractivity contribution in [1.29, 1.82) is 0 Å². The Hall–Kier alpha value is -2.27. The molecule has 2 heterocycles. The number of halogens is 1. The van der Waals surface area contributed by atoms with Crippen LogP contribution in [0.1, 0.15) is 10.4 Å². The molecule has 0 atom stereocenters. The standard InChI is InChI=1S/C13H8ClNO4/c14-12-9(2-1-5-15-12)13(16)19-8-3-4-10-11(6-8)18-7-17-10/h1-6H,7H2. The smallest absolute Gasteiger partial charge is 0.346 e. The molecule has 0 aliphatic carbocycles. The van der Waals surface area contributed by atoms with Gasteiger partial charge in [-0.15, -0.1) is 0 Å². The summed E-state index contributed by atoms with van der Waals surface area (Å²) in [6, 6.07) is 8.04. The molecule has 0 N–H and O–H groups in total. The van der Waals surface area contributed by atoms with Gasteiger partial charge in [-0.1, -0.05) is 11.6 Å². The molecule has 2 aromatic rings. The molecule has 19 heavy (non-hydrogen) atoms. The molecule has 1 aromatic heterocycles. The Bertz CT molecular complexity index is 644. The van der Waals surface area contributed by atoms with Gasteiger partial charge in [-0.2, -0.15) is 0 Å². The topological polar surface area (TPSA) is 57.7 Å². The van der Waals surface area contributed by atoms with Gasteiger partial charge in [-0.3, -0.25) is 0 Å². The number of esters is 1. The SMILES string of the molecule is O=C(Oc1ccc2c(c1)OCO2)c1cccnc1Cl. The molecule has 0 saturated carbocycles. The zero-order chi connectivity index (χ0) is 13.2. The van der Waals surface area contributed by atoms with E-state index in [0.29, 0.717) is 17.2 Å². The molecule has 0 spiro atoms. The van der Waals surface area contributed by atoms with Gasteiger partial charge in [0.25, 0.3) is 0 Å². The monoisotopic (exact) mass is 277 g/mol. The van der Waals surface area contributed by atoms with E-state index in [9.17, 15) is 4.79 Å². The Balaban J connectivity index is 1.82. The molecule has 6 heteroatoms. The highest BCUT2D eigenvalue weighted by Crippen LogP contribution is 2.35. The number of ether oxygens (including phenoxy) is 3. The van der Waals surface area contributed by atoms with Gasteiger partial charge in [-0.25, -0.2) is 9.78 Å². The lowest BCUT2D eigenvalue weighted by Gasteiger charge is -2.05. The quantitative estimate of drug-likeness (QED) is 0.480. The zero-order valence-electron chi connectivity index (χ0n) is 9.63. The summed E-state index contributed by atoms with van der Waals surface area (Å²) in [6.45, 7) is 0.168. The molecule has 1 aliphatic heterocycles. The molecular formula is C13H8ClNO4. The molecule has 0 unspecified atom stereocenters. The molecule has 96 valence electrons. The summed E-state index contributed by atoms with van der Waals surface area (Å²) in [4.78, 5) is 15.7. The second-order valence-corrected chi connectivity index (χ2v) is 4.10. The van der Waals surface area contributed by atoms with Crippen LogP contribution in [0.25, 0.3) is 0 Å². The summed E-state index contributed by atoms with van der Waals surface area (Å²) in [5.41, 5.74) is 0.210. The number of carbonyl (C=O) groups excluding carboxylic acids is 1. The predicted octanol–water partition coefficient (Wildman–Crippen LogP) is 2.68. The lowest BCUT2D eigenvalue weighted by atomic mass is 10.3. The van der Waals surface area contributed by atoms with Crippen molar-refractivity contribution in [2.24, 2.45) is 0 Å². The fraction of sp³-hybridized carbons (Fsp3) is 0.0769. The van der Waals surface area contributed by atoms with Crippen molar-refractivity contribution in [2.45, 2.75) is 0 Å². The number of hydrogen-bond donors (Lipinski definition) is 0. The summed E-state index contributed by atoms with van der Waals surface area (Å²) in [5, 5.41) is 0.105. The molecule has 1 aromatic carbocycles. The summed E-state index contributed by atoms with van der Waals surface area (Å²) in [7, 11) is 0. The van der Waals surface area contributed by atoms with E-state index in [-0.39, 0.29) is 17.5 Å². The normalized spacial score (nSPS) is 12.3. The van der Waals surface area contributed by atoms with Crippen molar-refractivity contribution in [3.8, 4) is 17.2 Å². The first kappa shape index (κ1) is 11.8. The summed E-state index contributed by atoms with van der Waals surface area (Å²) < 4.78 is 15.6. The van der Waals surface area contributed by atoms with Crippen LogP contribution in [0.5, 0.6) is 17.2 Å². The number of pyridine rings is 1. The van der Waals surface area contributed by atoms with Crippen LogP contribution in [-0.2, 0) is 0 Å². The van der Waals surface area contributed by atoms with Crippen molar-refractivity contribution in [1.82, 2.24) is 4.98 Å². The molecule has 0 radical (unpaired) electrons. The van der Waals surface area contributed by atoms with Crippen molar-refractivity contribution in [2.75, 3.05) is 6.79 Å². The number of benzene rings is 1. The van der Waals surface area contributed by atoms with E-state index in [2.05, 4.69) is 4.98 Å². The number of carbonyl (C=O) groups is 1. The van der Waals surface area contributed by atoms with Gasteiger partial charge in [0.05, 0.1) is 5.56 Å². The number of nitrogens with zero attached hydrogens (tertiary/aromatic N) is 1. The van der Waals surface area contributed by atoms with Crippen molar-refractivity contribution in [3.63, 3.8) is 0 Å². The number of rotatable bonds is 2. The first-order valence-electron chi connectivity index (χ1n) is 5.46. The largest absolute Gasteiger partial charge is 0.454 e. The zero-order valence-corrected chi connectivity index (χ0v) is 10.4. The van der Waals surface area contributed by atoms with Gasteiger partial charge in [0.1, 0.15) is 10.9 Å². The van der Waals surface area contributed by atoms with E-state index in [0.717, 1.165) is 0 Å². The highest BCUT2D eigenvalue weighted by atomic mass is 35.5. The van der Waals surface area contributed by atoms with Gasteiger partial charge in [0.2, 0.25) is 6.79 Å². The first-order valence-corrected chi connectivity index (χ1v) is 5.84. The minimum Gasteiger partial charge on any atom is -0.454 e. The third kappa shape index (κ3) is 2.32. The van der Waals surface area contributed by atoms with Crippen LogP contribution in [0.15, 0.2) is 36.5 Å². The maximum absolute atomic E-state index is 11.9. The van der Waals surface area contributed by atoms with Crippen molar-refractivity contribution < 1.29 is 19.0 Å². The van der Waals surface area contributed by atoms with E-state index in [1.807, 2.05) is 0 Å². The summed E-state index contributed by atoms with van der Waals surface area (Å²) >= 11 is 5.82. The van der Waals surface area contributed by atoms with Crippen molar-refractivity contribution >= 4 is 17.6 Å². The van der Waals surface area contributed by atoms with Gasteiger partial charge >= 0.3 is 5.97 Å². The second kappa shape index (κ2) is 4.78. The third-order valence-electron chi connectivity index (χ3n) is 2.53. The van der Waals surface area contributed by atoms with Crippen LogP contribution >= 0.6 is 11.6 Å². The molecule has 0 saturated heterocycles. The highest BCUT2D eigenvalue weighted by molar-refractivity contribution is 6.32. The van der Waals surface area contributed by atoms with Crippen LogP contribution in [0.4, 0.5) is 0 Å². The molecule has 0 amide bonds. The Morgan fingerprint density at radius 1 is 1.26 bits per heavy atom. The maximum Gasteiger partial charge on any atom is 0.346 e. The van der Waals surface area contributed by atoms with Crippen molar-refractivity contribution in [3.05, 3.63) is 47.2 Å². The molecule has 0 fully saturated rings. The molecule has 1 aliphatic rings. The predicted molar refractivity (Wildman–Crippen MR) is 66.8 cm³/mol. The number of hydrogen-bond acceptors (Lipinski definition) is 5. The Morgan fingerprint density at radius 3 is 2.95 bits per heavy atom. The van der Waals surface area contributed by atoms with E-state index < -0.39 is 5.97 Å².